The Morgan fingerprint density at radius 1 is 1.29 bits per heavy atom. The second-order valence-corrected chi connectivity index (χ2v) is 6.49. The molecule has 0 aliphatic carbocycles. The fraction of sp³-hybridized carbons (Fsp3) is 0.500. The molecule has 1 heterocycles. The van der Waals surface area contributed by atoms with E-state index in [1.54, 1.807) is 11.7 Å². The van der Waals surface area contributed by atoms with Crippen LogP contribution in [0, 0.1) is 0 Å². The molecule has 1 aromatic carbocycles. The molecule has 0 saturated carbocycles. The number of ether oxygens (including phenoxy) is 1. The van der Waals surface area contributed by atoms with E-state index in [1.165, 1.54) is 4.90 Å². The van der Waals surface area contributed by atoms with Crippen LogP contribution in [0.15, 0.2) is 24.3 Å². The molecule has 0 saturated heterocycles. The Kier molecular flexibility index (Phi) is 5.38. The van der Waals surface area contributed by atoms with Gasteiger partial charge >= 0.3 is 6.09 Å². The zero-order valence-corrected chi connectivity index (χ0v) is 14.4. The maximum absolute atomic E-state index is 12.0. The summed E-state index contributed by atoms with van der Waals surface area (Å²) in [6.45, 7) is 6.20. The van der Waals surface area contributed by atoms with Gasteiger partial charge in [-0.1, -0.05) is 17.3 Å². The van der Waals surface area contributed by atoms with Gasteiger partial charge in [-0.15, -0.1) is 5.10 Å². The van der Waals surface area contributed by atoms with Gasteiger partial charge in [0.05, 0.1) is 5.52 Å². The Hall–Kier alpha value is -2.64. The summed E-state index contributed by atoms with van der Waals surface area (Å²) in [5, 5.41) is 10.7. The molecule has 0 unspecified atom stereocenters. The van der Waals surface area contributed by atoms with Crippen LogP contribution in [0.1, 0.15) is 20.8 Å². The van der Waals surface area contributed by atoms with E-state index in [1.807, 2.05) is 45.0 Å². The normalized spacial score (nSPS) is 11.3. The van der Waals surface area contributed by atoms with Crippen molar-refractivity contribution >= 4 is 23.0 Å². The number of rotatable bonds is 5. The summed E-state index contributed by atoms with van der Waals surface area (Å²) in [5.41, 5.74) is 1.01. The first kappa shape index (κ1) is 17.7. The monoisotopic (exact) mass is 333 g/mol. The summed E-state index contributed by atoms with van der Waals surface area (Å²) >= 11 is 0. The molecule has 0 aliphatic rings. The highest BCUT2D eigenvalue weighted by molar-refractivity contribution is 5.79. The third-order valence-electron chi connectivity index (χ3n) is 3.19. The highest BCUT2D eigenvalue weighted by atomic mass is 16.6. The van der Waals surface area contributed by atoms with Gasteiger partial charge in [-0.25, -0.2) is 9.48 Å². The minimum atomic E-state index is -0.539. The molecule has 0 atom stereocenters. The lowest BCUT2D eigenvalue weighted by Gasteiger charge is -2.24. The lowest BCUT2D eigenvalue weighted by atomic mass is 10.2. The third-order valence-corrected chi connectivity index (χ3v) is 3.19. The molecule has 1 N–H and O–H groups in total. The largest absolute Gasteiger partial charge is 0.444 e. The summed E-state index contributed by atoms with van der Waals surface area (Å²) in [6, 6.07) is 7.44. The fourth-order valence-electron chi connectivity index (χ4n) is 2.02. The van der Waals surface area contributed by atoms with Gasteiger partial charge in [-0.2, -0.15) is 0 Å². The van der Waals surface area contributed by atoms with Crippen molar-refractivity contribution in [2.45, 2.75) is 32.9 Å². The van der Waals surface area contributed by atoms with Crippen LogP contribution in [0.3, 0.4) is 0 Å². The molecule has 2 aromatic rings. The van der Waals surface area contributed by atoms with Gasteiger partial charge in [0.15, 0.2) is 0 Å². The zero-order valence-electron chi connectivity index (χ0n) is 14.4. The first-order valence-corrected chi connectivity index (χ1v) is 7.75. The van der Waals surface area contributed by atoms with E-state index in [4.69, 9.17) is 4.74 Å². The SMILES string of the molecule is CN(CCNC(=O)Cn1nnc2ccccc21)C(=O)OC(C)(C)C. The number of fused-ring (bicyclic) bond motifs is 1. The quantitative estimate of drug-likeness (QED) is 0.894. The third kappa shape index (κ3) is 4.94. The Labute approximate surface area is 140 Å². The Morgan fingerprint density at radius 2 is 2.00 bits per heavy atom. The molecule has 0 bridgehead atoms. The molecule has 0 aliphatic heterocycles. The molecule has 2 rings (SSSR count). The number of amides is 2. The van der Waals surface area contributed by atoms with Crippen molar-refractivity contribution in [1.82, 2.24) is 25.2 Å². The van der Waals surface area contributed by atoms with Crippen molar-refractivity contribution in [2.24, 2.45) is 0 Å². The van der Waals surface area contributed by atoms with Crippen LogP contribution in [0.5, 0.6) is 0 Å². The van der Waals surface area contributed by atoms with Gasteiger partial charge in [0.1, 0.15) is 17.7 Å². The summed E-state index contributed by atoms with van der Waals surface area (Å²) in [6.07, 6.45) is -0.418. The summed E-state index contributed by atoms with van der Waals surface area (Å²) in [5.74, 6) is -0.191. The predicted octanol–water partition coefficient (Wildman–Crippen LogP) is 1.41. The lowest BCUT2D eigenvalue weighted by Crippen LogP contribution is -2.39. The highest BCUT2D eigenvalue weighted by Gasteiger charge is 2.19. The maximum atomic E-state index is 12.0. The number of hydrogen-bond donors (Lipinski definition) is 1. The summed E-state index contributed by atoms with van der Waals surface area (Å²) in [4.78, 5) is 25.2. The molecular formula is C16H23N5O3. The molecule has 2 amide bonds. The number of para-hydroxylation sites is 1. The van der Waals surface area contributed by atoms with Crippen molar-refractivity contribution in [3.8, 4) is 0 Å². The fourth-order valence-corrected chi connectivity index (χ4v) is 2.02. The Balaban J connectivity index is 1.78. The highest BCUT2D eigenvalue weighted by Crippen LogP contribution is 2.09. The van der Waals surface area contributed by atoms with Crippen molar-refractivity contribution < 1.29 is 14.3 Å². The van der Waals surface area contributed by atoms with Gasteiger partial charge in [0, 0.05) is 20.1 Å². The van der Waals surface area contributed by atoms with Crippen molar-refractivity contribution in [3.63, 3.8) is 0 Å². The second kappa shape index (κ2) is 7.29. The molecule has 0 fully saturated rings. The Bertz CT molecular complexity index is 720. The van der Waals surface area contributed by atoms with E-state index in [-0.39, 0.29) is 12.5 Å². The van der Waals surface area contributed by atoms with E-state index in [0.29, 0.717) is 13.1 Å². The van der Waals surface area contributed by atoms with Gasteiger partial charge in [-0.3, -0.25) is 4.79 Å². The standard InChI is InChI=1S/C16H23N5O3/c1-16(2,3)24-15(23)20(4)10-9-17-14(22)11-21-13-8-6-5-7-12(13)18-19-21/h5-8H,9-11H2,1-4H3,(H,17,22). The number of likely N-dealkylation sites (N-methyl/N-ethyl adjacent to an activating group) is 1. The molecule has 8 nitrogen and oxygen atoms in total. The van der Waals surface area contributed by atoms with Crippen LogP contribution >= 0.6 is 0 Å². The van der Waals surface area contributed by atoms with Crippen LogP contribution in [0.2, 0.25) is 0 Å². The zero-order chi connectivity index (χ0) is 17.7. The number of nitrogens with one attached hydrogen (secondary N) is 1. The number of hydrogen-bond acceptors (Lipinski definition) is 5. The maximum Gasteiger partial charge on any atom is 0.410 e. The van der Waals surface area contributed by atoms with Crippen LogP contribution < -0.4 is 5.32 Å². The minimum absolute atomic E-state index is 0.0800. The summed E-state index contributed by atoms with van der Waals surface area (Å²) < 4.78 is 6.79. The number of carbonyl (C=O) groups is 2. The average Bonchev–Trinajstić information content (AvgIpc) is 2.88. The number of nitrogens with zero attached hydrogens (tertiary/aromatic N) is 4. The van der Waals surface area contributed by atoms with Crippen LogP contribution in [0.25, 0.3) is 11.0 Å². The smallest absolute Gasteiger partial charge is 0.410 e. The Morgan fingerprint density at radius 3 is 2.71 bits per heavy atom. The molecule has 0 spiro atoms. The van der Waals surface area contributed by atoms with Gasteiger partial charge in [0.25, 0.3) is 0 Å². The first-order chi connectivity index (χ1) is 11.3. The van der Waals surface area contributed by atoms with Gasteiger partial charge in [0.2, 0.25) is 5.91 Å². The second-order valence-electron chi connectivity index (χ2n) is 6.49. The molecule has 24 heavy (non-hydrogen) atoms. The average molecular weight is 333 g/mol. The molecule has 130 valence electrons. The molecular weight excluding hydrogens is 310 g/mol. The van der Waals surface area contributed by atoms with E-state index >= 15 is 0 Å². The van der Waals surface area contributed by atoms with Gasteiger partial charge in [-0.05, 0) is 32.9 Å². The van der Waals surface area contributed by atoms with Crippen molar-refractivity contribution in [3.05, 3.63) is 24.3 Å². The van der Waals surface area contributed by atoms with Crippen LogP contribution in [-0.2, 0) is 16.1 Å². The minimum Gasteiger partial charge on any atom is -0.444 e. The van der Waals surface area contributed by atoms with Gasteiger partial charge < -0.3 is 15.0 Å². The number of carbonyl (C=O) groups excluding carboxylic acids is 2. The predicted molar refractivity (Wildman–Crippen MR) is 89.4 cm³/mol. The lowest BCUT2D eigenvalue weighted by molar-refractivity contribution is -0.121. The van der Waals surface area contributed by atoms with Crippen molar-refractivity contribution in [1.29, 1.82) is 0 Å². The number of aromatic nitrogens is 3. The number of benzene rings is 1. The van der Waals surface area contributed by atoms with E-state index in [9.17, 15) is 9.59 Å². The molecule has 0 radical (unpaired) electrons. The molecule has 8 heteroatoms. The van der Waals surface area contributed by atoms with E-state index < -0.39 is 11.7 Å². The van der Waals surface area contributed by atoms with Crippen molar-refractivity contribution in [2.75, 3.05) is 20.1 Å². The van der Waals surface area contributed by atoms with Crippen LogP contribution in [0.4, 0.5) is 4.79 Å². The van der Waals surface area contributed by atoms with E-state index in [2.05, 4.69) is 15.6 Å². The molecule has 1 aromatic heterocycles. The first-order valence-electron chi connectivity index (χ1n) is 7.75. The van der Waals surface area contributed by atoms with Crippen LogP contribution in [-0.4, -0.2) is 57.6 Å². The topological polar surface area (TPSA) is 89.4 Å². The summed E-state index contributed by atoms with van der Waals surface area (Å²) in [7, 11) is 1.63. The van der Waals surface area contributed by atoms with E-state index in [0.717, 1.165) is 11.0 Å².